The van der Waals surface area contributed by atoms with Gasteiger partial charge in [-0.25, -0.2) is 4.79 Å². The molecule has 0 amide bonds. The quantitative estimate of drug-likeness (QED) is 0.340. The van der Waals surface area contributed by atoms with Crippen molar-refractivity contribution >= 4 is 31.3 Å². The maximum absolute atomic E-state index is 11.8. The van der Waals surface area contributed by atoms with Crippen molar-refractivity contribution in [1.29, 1.82) is 5.41 Å². The van der Waals surface area contributed by atoms with Crippen molar-refractivity contribution in [2.75, 3.05) is 13.1 Å². The highest BCUT2D eigenvalue weighted by Crippen LogP contribution is 2.37. The number of carboxylic acid groups (broad SMARTS) is 1. The number of carbonyl (C=O) groups is 1. The van der Waals surface area contributed by atoms with Crippen LogP contribution in [0.25, 0.3) is 0 Å². The average molecular weight is 419 g/mol. The number of carboxylic acids is 1. The molecule has 0 spiro atoms. The second-order valence-corrected chi connectivity index (χ2v) is 6.85. The Morgan fingerprint density at radius 1 is 1.24 bits per heavy atom. The number of phenols is 1. The Balaban J connectivity index is 0.00000240. The van der Waals surface area contributed by atoms with Gasteiger partial charge in [0.25, 0.3) is 0 Å². The predicted molar refractivity (Wildman–Crippen MR) is 109 cm³/mol. The lowest BCUT2D eigenvalue weighted by Crippen LogP contribution is -2.56. The summed E-state index contributed by atoms with van der Waals surface area (Å²) in [6, 6.07) is 10.00. The molecule has 2 aliphatic rings. The van der Waals surface area contributed by atoms with Crippen LogP contribution in [0.4, 0.5) is 0 Å². The summed E-state index contributed by atoms with van der Waals surface area (Å²) >= 11 is 0. The molecule has 2 aliphatic heterocycles. The highest BCUT2D eigenvalue weighted by atomic mass is 35.5. The fourth-order valence-corrected chi connectivity index (χ4v) is 3.43. The van der Waals surface area contributed by atoms with Gasteiger partial charge in [0.05, 0.1) is 18.7 Å². The minimum Gasteiger partial charge on any atom is -0.535 e. The molecule has 8 nitrogen and oxygen atoms in total. The van der Waals surface area contributed by atoms with Gasteiger partial charge in [0.15, 0.2) is 0 Å². The first-order chi connectivity index (χ1) is 13.4. The van der Waals surface area contributed by atoms with Crippen molar-refractivity contribution in [3.8, 4) is 17.2 Å². The highest BCUT2D eigenvalue weighted by Gasteiger charge is 2.35. The zero-order valence-electron chi connectivity index (χ0n) is 15.4. The van der Waals surface area contributed by atoms with E-state index in [-0.39, 0.29) is 47.2 Å². The minimum atomic E-state index is -1.18. The molecule has 2 aromatic rings. The van der Waals surface area contributed by atoms with E-state index in [1.165, 1.54) is 6.07 Å². The third-order valence-corrected chi connectivity index (χ3v) is 4.95. The Morgan fingerprint density at radius 3 is 2.66 bits per heavy atom. The molecule has 0 atom stereocenters. The third kappa shape index (κ3) is 3.97. The molecular formula is C19H20BClN2O6. The molecular weight excluding hydrogens is 398 g/mol. The van der Waals surface area contributed by atoms with Gasteiger partial charge in [0.2, 0.25) is 0 Å². The largest absolute Gasteiger partial charge is 0.535 e. The molecule has 0 saturated carbocycles. The molecule has 0 radical (unpaired) electrons. The van der Waals surface area contributed by atoms with Crippen LogP contribution in [0.1, 0.15) is 21.5 Å². The van der Waals surface area contributed by atoms with Crippen LogP contribution in [0.5, 0.6) is 17.2 Å². The molecule has 152 valence electrons. The van der Waals surface area contributed by atoms with Gasteiger partial charge >= 0.3 is 13.1 Å². The summed E-state index contributed by atoms with van der Waals surface area (Å²) in [5.41, 5.74) is 1.07. The van der Waals surface area contributed by atoms with Gasteiger partial charge in [-0.2, -0.15) is 0 Å². The van der Waals surface area contributed by atoms with E-state index in [1.807, 2.05) is 0 Å². The molecule has 0 bridgehead atoms. The van der Waals surface area contributed by atoms with Crippen LogP contribution in [-0.4, -0.2) is 58.3 Å². The van der Waals surface area contributed by atoms with Crippen LogP contribution in [0.15, 0.2) is 36.4 Å². The van der Waals surface area contributed by atoms with Crippen LogP contribution in [-0.2, 0) is 6.42 Å². The van der Waals surface area contributed by atoms with E-state index in [1.54, 1.807) is 35.2 Å². The van der Waals surface area contributed by atoms with Crippen LogP contribution in [0.2, 0.25) is 6.32 Å². The number of amidine groups is 1. The number of para-hydroxylation sites is 1. The molecule has 4 N–H and O–H groups in total. The van der Waals surface area contributed by atoms with E-state index >= 15 is 0 Å². The van der Waals surface area contributed by atoms with E-state index in [2.05, 4.69) is 0 Å². The molecule has 0 unspecified atom stereocenters. The Kier molecular flexibility index (Phi) is 5.90. The fourth-order valence-electron chi connectivity index (χ4n) is 3.43. The SMILES string of the molecule is Cl.N=C(c1ccccc1O)N1CC(Oc2ccc3c(c2C(=O)O)OB(O)CC3)C1. The lowest BCUT2D eigenvalue weighted by Gasteiger charge is -2.41. The summed E-state index contributed by atoms with van der Waals surface area (Å²) in [7, 11) is -1.03. The Bertz CT molecular complexity index is 950. The van der Waals surface area contributed by atoms with Crippen molar-refractivity contribution in [3.05, 3.63) is 53.1 Å². The van der Waals surface area contributed by atoms with Gasteiger partial charge in [-0.05, 0) is 36.5 Å². The number of nitrogens with one attached hydrogen (secondary N) is 1. The standard InChI is InChI=1S/C19H19BN2O6.ClH/c21-18(13-3-1-2-4-14(13)23)22-9-12(10-22)27-15-6-5-11-7-8-20(26)28-17(11)16(15)19(24)25;/h1-6,12,21,23,26H,7-10H2,(H,24,25);1H. The summed E-state index contributed by atoms with van der Waals surface area (Å²) in [4.78, 5) is 13.5. The zero-order chi connectivity index (χ0) is 19.8. The maximum Gasteiger partial charge on any atom is 0.522 e. The summed E-state index contributed by atoms with van der Waals surface area (Å²) < 4.78 is 11.2. The van der Waals surface area contributed by atoms with Gasteiger partial charge in [0, 0.05) is 0 Å². The summed E-state index contributed by atoms with van der Waals surface area (Å²) in [5, 5.41) is 37.4. The zero-order valence-corrected chi connectivity index (χ0v) is 16.2. The Labute approximate surface area is 173 Å². The normalized spacial score (nSPS) is 15.5. The Hall–Kier alpha value is -2.91. The Morgan fingerprint density at radius 2 is 1.97 bits per heavy atom. The summed E-state index contributed by atoms with van der Waals surface area (Å²) in [6.07, 6.45) is 0.653. The number of benzene rings is 2. The lowest BCUT2D eigenvalue weighted by molar-refractivity contribution is 0.0597. The molecule has 2 heterocycles. The molecule has 1 fully saturated rings. The molecule has 2 aromatic carbocycles. The number of phenolic OH excluding ortho intramolecular Hbond substituents is 1. The summed E-state index contributed by atoms with van der Waals surface area (Å²) in [5.74, 6) is -0.621. The number of aryl methyl sites for hydroxylation is 1. The molecule has 0 aliphatic carbocycles. The third-order valence-electron chi connectivity index (χ3n) is 4.95. The topological polar surface area (TPSA) is 123 Å². The molecule has 10 heteroatoms. The van der Waals surface area contributed by atoms with E-state index in [4.69, 9.17) is 14.8 Å². The first-order valence-electron chi connectivity index (χ1n) is 8.96. The van der Waals surface area contributed by atoms with Gasteiger partial charge in [-0.3, -0.25) is 5.41 Å². The fraction of sp³-hybridized carbons (Fsp3) is 0.263. The van der Waals surface area contributed by atoms with E-state index < -0.39 is 13.1 Å². The van der Waals surface area contributed by atoms with Crippen LogP contribution >= 0.6 is 12.4 Å². The lowest BCUT2D eigenvalue weighted by atomic mass is 9.78. The van der Waals surface area contributed by atoms with Crippen LogP contribution in [0, 0.1) is 5.41 Å². The smallest absolute Gasteiger partial charge is 0.522 e. The van der Waals surface area contributed by atoms with E-state index in [0.717, 1.165) is 5.56 Å². The van der Waals surface area contributed by atoms with E-state index in [0.29, 0.717) is 31.4 Å². The number of aromatic carboxylic acids is 1. The van der Waals surface area contributed by atoms with Crippen molar-refractivity contribution < 1.29 is 29.4 Å². The number of likely N-dealkylation sites (tertiary alicyclic amines) is 1. The first kappa shape index (κ1) is 20.8. The van der Waals surface area contributed by atoms with Gasteiger partial charge in [-0.15, -0.1) is 12.4 Å². The number of nitrogens with zero attached hydrogens (tertiary/aromatic N) is 1. The highest BCUT2D eigenvalue weighted by molar-refractivity contribution is 6.44. The van der Waals surface area contributed by atoms with Crippen molar-refractivity contribution in [2.24, 2.45) is 0 Å². The van der Waals surface area contributed by atoms with Gasteiger partial charge in [-0.1, -0.05) is 18.2 Å². The molecule has 4 rings (SSSR count). The molecule has 1 saturated heterocycles. The van der Waals surface area contributed by atoms with Crippen molar-refractivity contribution in [1.82, 2.24) is 4.90 Å². The number of aromatic hydroxyl groups is 1. The second-order valence-electron chi connectivity index (χ2n) is 6.85. The monoisotopic (exact) mass is 418 g/mol. The number of hydrogen-bond donors (Lipinski definition) is 4. The maximum atomic E-state index is 11.8. The minimum absolute atomic E-state index is 0. The number of halogens is 1. The second kappa shape index (κ2) is 8.22. The molecule has 29 heavy (non-hydrogen) atoms. The molecule has 0 aromatic heterocycles. The summed E-state index contributed by atoms with van der Waals surface area (Å²) in [6.45, 7) is 0.791. The predicted octanol–water partition coefficient (Wildman–Crippen LogP) is 2.02. The van der Waals surface area contributed by atoms with Crippen molar-refractivity contribution in [2.45, 2.75) is 18.8 Å². The van der Waals surface area contributed by atoms with Crippen molar-refractivity contribution in [3.63, 3.8) is 0 Å². The van der Waals surface area contributed by atoms with Gasteiger partial charge in [0.1, 0.15) is 34.8 Å². The van der Waals surface area contributed by atoms with Gasteiger partial charge < -0.3 is 29.5 Å². The number of rotatable bonds is 4. The van der Waals surface area contributed by atoms with Crippen LogP contribution in [0.3, 0.4) is 0 Å². The number of fused-ring (bicyclic) bond motifs is 1. The number of hydrogen-bond acceptors (Lipinski definition) is 6. The average Bonchev–Trinajstić information content (AvgIpc) is 2.63. The number of ether oxygens (including phenoxy) is 1. The first-order valence-corrected chi connectivity index (χ1v) is 8.96. The van der Waals surface area contributed by atoms with E-state index in [9.17, 15) is 20.0 Å². The van der Waals surface area contributed by atoms with Crippen LogP contribution < -0.4 is 9.39 Å².